The van der Waals surface area contributed by atoms with E-state index in [9.17, 15) is 4.79 Å². The van der Waals surface area contributed by atoms with Crippen LogP contribution < -0.4 is 15.8 Å². The van der Waals surface area contributed by atoms with Crippen LogP contribution in [0.5, 0.6) is 5.75 Å². The summed E-state index contributed by atoms with van der Waals surface area (Å²) in [4.78, 5) is 11.7. The van der Waals surface area contributed by atoms with Crippen molar-refractivity contribution in [1.29, 1.82) is 0 Å². The number of hydrogen-bond donors (Lipinski definition) is 2. The second kappa shape index (κ2) is 7.71. The van der Waals surface area contributed by atoms with E-state index in [1.165, 1.54) is 0 Å². The zero-order chi connectivity index (χ0) is 13.4. The maximum absolute atomic E-state index is 11.7. The SMILES string of the molecule is CCC(CC)NC(=O)COc1ccccc1CN. The van der Waals surface area contributed by atoms with Crippen molar-refractivity contribution in [2.24, 2.45) is 5.73 Å². The van der Waals surface area contributed by atoms with Crippen LogP contribution in [0.4, 0.5) is 0 Å². The molecule has 0 bridgehead atoms. The molecule has 0 fully saturated rings. The molecule has 0 unspecified atom stereocenters. The quantitative estimate of drug-likeness (QED) is 0.776. The lowest BCUT2D eigenvalue weighted by Gasteiger charge is -2.15. The Bertz CT molecular complexity index is 376. The van der Waals surface area contributed by atoms with Crippen molar-refractivity contribution in [2.45, 2.75) is 39.3 Å². The summed E-state index contributed by atoms with van der Waals surface area (Å²) in [5, 5.41) is 2.93. The van der Waals surface area contributed by atoms with Gasteiger partial charge in [0, 0.05) is 18.2 Å². The molecule has 0 aliphatic rings. The normalized spacial score (nSPS) is 10.4. The molecule has 1 amide bonds. The predicted octanol–water partition coefficient (Wildman–Crippen LogP) is 1.83. The second-order valence-electron chi connectivity index (χ2n) is 4.18. The van der Waals surface area contributed by atoms with Gasteiger partial charge in [-0.25, -0.2) is 0 Å². The summed E-state index contributed by atoms with van der Waals surface area (Å²) in [5.74, 6) is 0.593. The molecule has 18 heavy (non-hydrogen) atoms. The van der Waals surface area contributed by atoms with Gasteiger partial charge in [0.1, 0.15) is 5.75 Å². The van der Waals surface area contributed by atoms with E-state index in [1.807, 2.05) is 24.3 Å². The third-order valence-electron chi connectivity index (χ3n) is 2.90. The fourth-order valence-corrected chi connectivity index (χ4v) is 1.72. The number of para-hydroxylation sites is 1. The fourth-order valence-electron chi connectivity index (χ4n) is 1.72. The van der Waals surface area contributed by atoms with Crippen LogP contribution in [-0.4, -0.2) is 18.6 Å². The lowest BCUT2D eigenvalue weighted by atomic mass is 10.2. The van der Waals surface area contributed by atoms with Crippen molar-refractivity contribution in [1.82, 2.24) is 5.32 Å². The van der Waals surface area contributed by atoms with Gasteiger partial charge in [0.25, 0.3) is 5.91 Å². The Morgan fingerprint density at radius 2 is 2.00 bits per heavy atom. The Morgan fingerprint density at radius 3 is 2.61 bits per heavy atom. The van der Waals surface area contributed by atoms with E-state index in [0.717, 1.165) is 18.4 Å². The van der Waals surface area contributed by atoms with E-state index in [4.69, 9.17) is 10.5 Å². The summed E-state index contributed by atoms with van der Waals surface area (Å²) in [7, 11) is 0. The molecule has 3 N–H and O–H groups in total. The van der Waals surface area contributed by atoms with Gasteiger partial charge in [-0.05, 0) is 18.9 Å². The fraction of sp³-hybridized carbons (Fsp3) is 0.500. The molecule has 0 aliphatic heterocycles. The number of ether oxygens (including phenoxy) is 1. The van der Waals surface area contributed by atoms with Gasteiger partial charge >= 0.3 is 0 Å². The van der Waals surface area contributed by atoms with Crippen LogP contribution in [0.15, 0.2) is 24.3 Å². The minimum Gasteiger partial charge on any atom is -0.483 e. The number of nitrogens with two attached hydrogens (primary N) is 1. The monoisotopic (exact) mass is 250 g/mol. The molecule has 0 aromatic heterocycles. The summed E-state index contributed by atoms with van der Waals surface area (Å²) < 4.78 is 5.49. The number of carbonyl (C=O) groups excluding carboxylic acids is 1. The second-order valence-corrected chi connectivity index (χ2v) is 4.18. The molecule has 0 atom stereocenters. The Balaban J connectivity index is 2.47. The molecular formula is C14H22N2O2. The standard InChI is InChI=1S/C14H22N2O2/c1-3-12(4-2)16-14(17)10-18-13-8-6-5-7-11(13)9-15/h5-8,12H,3-4,9-10,15H2,1-2H3,(H,16,17). The summed E-state index contributed by atoms with van der Waals surface area (Å²) in [6.07, 6.45) is 1.86. The average molecular weight is 250 g/mol. The Kier molecular flexibility index (Phi) is 6.22. The molecule has 1 aromatic carbocycles. The maximum atomic E-state index is 11.7. The van der Waals surface area contributed by atoms with Gasteiger partial charge in [0.2, 0.25) is 0 Å². The number of hydrogen-bond acceptors (Lipinski definition) is 3. The first-order valence-electron chi connectivity index (χ1n) is 6.41. The zero-order valence-corrected chi connectivity index (χ0v) is 11.1. The van der Waals surface area contributed by atoms with Gasteiger partial charge in [-0.15, -0.1) is 0 Å². The number of amides is 1. The Morgan fingerprint density at radius 1 is 1.33 bits per heavy atom. The molecular weight excluding hydrogens is 228 g/mol. The molecule has 100 valence electrons. The summed E-state index contributed by atoms with van der Waals surface area (Å²) in [6, 6.07) is 7.72. The molecule has 1 rings (SSSR count). The smallest absolute Gasteiger partial charge is 0.258 e. The zero-order valence-electron chi connectivity index (χ0n) is 11.1. The Hall–Kier alpha value is -1.55. The van der Waals surface area contributed by atoms with Gasteiger partial charge < -0.3 is 15.8 Å². The van der Waals surface area contributed by atoms with Crippen molar-refractivity contribution in [3.05, 3.63) is 29.8 Å². The molecule has 0 heterocycles. The van der Waals surface area contributed by atoms with Gasteiger partial charge in [-0.1, -0.05) is 32.0 Å². The lowest BCUT2D eigenvalue weighted by Crippen LogP contribution is -2.37. The van der Waals surface area contributed by atoms with Crippen LogP contribution in [0.1, 0.15) is 32.3 Å². The van der Waals surface area contributed by atoms with Crippen molar-refractivity contribution >= 4 is 5.91 Å². The maximum Gasteiger partial charge on any atom is 0.258 e. The van der Waals surface area contributed by atoms with E-state index in [2.05, 4.69) is 19.2 Å². The molecule has 0 saturated carbocycles. The first-order valence-corrected chi connectivity index (χ1v) is 6.41. The molecule has 4 nitrogen and oxygen atoms in total. The molecule has 4 heteroatoms. The third-order valence-corrected chi connectivity index (χ3v) is 2.90. The van der Waals surface area contributed by atoms with Crippen LogP contribution in [-0.2, 0) is 11.3 Å². The van der Waals surface area contributed by atoms with E-state index in [-0.39, 0.29) is 18.6 Å². The minimum absolute atomic E-state index is 0.0352. The number of rotatable bonds is 7. The van der Waals surface area contributed by atoms with Crippen LogP contribution in [0.2, 0.25) is 0 Å². The Labute approximate surface area is 109 Å². The topological polar surface area (TPSA) is 64.3 Å². The number of nitrogens with one attached hydrogen (secondary N) is 1. The van der Waals surface area contributed by atoms with E-state index in [1.54, 1.807) is 0 Å². The molecule has 0 aliphatic carbocycles. The minimum atomic E-state index is -0.0875. The summed E-state index contributed by atoms with van der Waals surface area (Å²) >= 11 is 0. The highest BCUT2D eigenvalue weighted by Gasteiger charge is 2.09. The van der Waals surface area contributed by atoms with Gasteiger partial charge in [-0.2, -0.15) is 0 Å². The van der Waals surface area contributed by atoms with Crippen LogP contribution in [0.25, 0.3) is 0 Å². The lowest BCUT2D eigenvalue weighted by molar-refractivity contribution is -0.123. The molecule has 0 spiro atoms. The van der Waals surface area contributed by atoms with E-state index < -0.39 is 0 Å². The van der Waals surface area contributed by atoms with Crippen LogP contribution in [0, 0.1) is 0 Å². The molecule has 0 radical (unpaired) electrons. The van der Waals surface area contributed by atoms with Crippen molar-refractivity contribution in [3.63, 3.8) is 0 Å². The van der Waals surface area contributed by atoms with Crippen molar-refractivity contribution < 1.29 is 9.53 Å². The largest absolute Gasteiger partial charge is 0.483 e. The van der Waals surface area contributed by atoms with Crippen LogP contribution >= 0.6 is 0 Å². The van der Waals surface area contributed by atoms with Gasteiger partial charge in [-0.3, -0.25) is 4.79 Å². The van der Waals surface area contributed by atoms with E-state index in [0.29, 0.717) is 12.3 Å². The van der Waals surface area contributed by atoms with E-state index >= 15 is 0 Å². The number of carbonyl (C=O) groups is 1. The predicted molar refractivity (Wildman–Crippen MR) is 72.3 cm³/mol. The van der Waals surface area contributed by atoms with Gasteiger partial charge in [0.15, 0.2) is 6.61 Å². The molecule has 1 aromatic rings. The van der Waals surface area contributed by atoms with Crippen LogP contribution in [0.3, 0.4) is 0 Å². The highest BCUT2D eigenvalue weighted by Crippen LogP contribution is 2.16. The highest BCUT2D eigenvalue weighted by atomic mass is 16.5. The average Bonchev–Trinajstić information content (AvgIpc) is 2.42. The van der Waals surface area contributed by atoms with Crippen molar-refractivity contribution in [3.8, 4) is 5.75 Å². The number of benzene rings is 1. The first-order chi connectivity index (χ1) is 8.71. The molecule has 0 saturated heterocycles. The van der Waals surface area contributed by atoms with Gasteiger partial charge in [0.05, 0.1) is 0 Å². The third kappa shape index (κ3) is 4.37. The summed E-state index contributed by atoms with van der Waals surface area (Å²) in [6.45, 7) is 4.55. The first kappa shape index (κ1) is 14.5. The summed E-state index contributed by atoms with van der Waals surface area (Å²) in [5.41, 5.74) is 6.51. The highest BCUT2D eigenvalue weighted by molar-refractivity contribution is 5.77. The van der Waals surface area contributed by atoms with Crippen molar-refractivity contribution in [2.75, 3.05) is 6.61 Å².